The molecular formula is C15H14ClNO2. The number of halogens is 1. The molecule has 3 nitrogen and oxygen atoms in total. The number of methoxy groups -OCH3 is 1. The minimum absolute atomic E-state index is 0.352. The standard InChI is InChI=1S/C15H14ClNO2/c1-18-15-9-5-3-7-13(15)11-19-17-10-12-6-2-4-8-14(12)16/h2-10H,11H2,1H3. The summed E-state index contributed by atoms with van der Waals surface area (Å²) in [5.41, 5.74) is 1.77. The van der Waals surface area contributed by atoms with E-state index in [2.05, 4.69) is 5.16 Å². The highest BCUT2D eigenvalue weighted by molar-refractivity contribution is 6.33. The zero-order valence-corrected chi connectivity index (χ0v) is 11.3. The maximum atomic E-state index is 6.00. The lowest BCUT2D eigenvalue weighted by atomic mass is 10.2. The summed E-state index contributed by atoms with van der Waals surface area (Å²) in [5, 5.41) is 4.55. The molecule has 2 aromatic carbocycles. The van der Waals surface area contributed by atoms with E-state index in [1.807, 2.05) is 48.5 Å². The fourth-order valence-corrected chi connectivity index (χ4v) is 1.79. The van der Waals surface area contributed by atoms with Gasteiger partial charge in [0.15, 0.2) is 0 Å². The van der Waals surface area contributed by atoms with Gasteiger partial charge in [0.1, 0.15) is 12.4 Å². The van der Waals surface area contributed by atoms with Gasteiger partial charge in [-0.3, -0.25) is 0 Å². The summed E-state index contributed by atoms with van der Waals surface area (Å²) >= 11 is 6.00. The summed E-state index contributed by atoms with van der Waals surface area (Å²) in [5.74, 6) is 0.787. The van der Waals surface area contributed by atoms with E-state index in [4.69, 9.17) is 21.2 Å². The molecule has 0 unspecified atom stereocenters. The van der Waals surface area contributed by atoms with Gasteiger partial charge >= 0.3 is 0 Å². The van der Waals surface area contributed by atoms with Gasteiger partial charge in [-0.2, -0.15) is 0 Å². The van der Waals surface area contributed by atoms with Gasteiger partial charge in [0.25, 0.3) is 0 Å². The third kappa shape index (κ3) is 3.73. The number of para-hydroxylation sites is 1. The van der Waals surface area contributed by atoms with Crippen LogP contribution in [-0.2, 0) is 11.4 Å². The summed E-state index contributed by atoms with van der Waals surface area (Å²) in [6, 6.07) is 15.1. The second-order valence-electron chi connectivity index (χ2n) is 3.84. The van der Waals surface area contributed by atoms with Crippen LogP contribution in [0.25, 0.3) is 0 Å². The average molecular weight is 276 g/mol. The summed E-state index contributed by atoms with van der Waals surface area (Å²) in [6.45, 7) is 0.352. The molecule has 0 aliphatic rings. The topological polar surface area (TPSA) is 30.8 Å². The van der Waals surface area contributed by atoms with Gasteiger partial charge in [-0.25, -0.2) is 0 Å². The molecule has 0 bridgehead atoms. The molecule has 0 N–H and O–H groups in total. The number of oxime groups is 1. The Balaban J connectivity index is 1.95. The molecule has 19 heavy (non-hydrogen) atoms. The SMILES string of the molecule is COc1ccccc1CON=Cc1ccccc1Cl. The van der Waals surface area contributed by atoms with Crippen LogP contribution >= 0.6 is 11.6 Å². The van der Waals surface area contributed by atoms with Crippen LogP contribution in [0.5, 0.6) is 5.75 Å². The Kier molecular flexibility index (Phi) is 4.81. The van der Waals surface area contributed by atoms with E-state index in [1.165, 1.54) is 0 Å². The molecule has 0 saturated heterocycles. The van der Waals surface area contributed by atoms with Crippen molar-refractivity contribution in [3.05, 3.63) is 64.7 Å². The van der Waals surface area contributed by atoms with Gasteiger partial charge in [0, 0.05) is 16.1 Å². The molecule has 0 amide bonds. The van der Waals surface area contributed by atoms with Crippen LogP contribution < -0.4 is 4.74 Å². The van der Waals surface area contributed by atoms with Crippen molar-refractivity contribution in [1.82, 2.24) is 0 Å². The first kappa shape index (κ1) is 13.4. The number of benzene rings is 2. The number of nitrogens with zero attached hydrogens (tertiary/aromatic N) is 1. The van der Waals surface area contributed by atoms with Crippen LogP contribution in [0.4, 0.5) is 0 Å². The van der Waals surface area contributed by atoms with Crippen molar-refractivity contribution < 1.29 is 9.57 Å². The fourth-order valence-electron chi connectivity index (χ4n) is 1.60. The molecule has 4 heteroatoms. The molecule has 0 saturated carbocycles. The maximum absolute atomic E-state index is 6.00. The van der Waals surface area contributed by atoms with Crippen molar-refractivity contribution in [2.45, 2.75) is 6.61 Å². The highest BCUT2D eigenvalue weighted by Crippen LogP contribution is 2.18. The number of hydrogen-bond donors (Lipinski definition) is 0. The van der Waals surface area contributed by atoms with Gasteiger partial charge in [-0.05, 0) is 12.1 Å². The predicted octanol–water partition coefficient (Wildman–Crippen LogP) is 3.90. The van der Waals surface area contributed by atoms with Crippen LogP contribution in [0, 0.1) is 0 Å². The highest BCUT2D eigenvalue weighted by Gasteiger charge is 2.01. The first-order valence-corrected chi connectivity index (χ1v) is 6.21. The first-order valence-electron chi connectivity index (χ1n) is 5.83. The van der Waals surface area contributed by atoms with E-state index in [1.54, 1.807) is 13.3 Å². The lowest BCUT2D eigenvalue weighted by molar-refractivity contribution is 0.130. The maximum Gasteiger partial charge on any atom is 0.145 e. The third-order valence-electron chi connectivity index (χ3n) is 2.58. The highest BCUT2D eigenvalue weighted by atomic mass is 35.5. The Hall–Kier alpha value is -2.00. The van der Waals surface area contributed by atoms with E-state index >= 15 is 0 Å². The molecule has 2 aromatic rings. The average Bonchev–Trinajstić information content (AvgIpc) is 2.45. The lowest BCUT2D eigenvalue weighted by Gasteiger charge is -2.06. The Bertz CT molecular complexity index is 570. The quantitative estimate of drug-likeness (QED) is 0.612. The molecule has 0 atom stereocenters. The zero-order valence-electron chi connectivity index (χ0n) is 10.5. The van der Waals surface area contributed by atoms with E-state index in [0.29, 0.717) is 11.6 Å². The Labute approximate surface area is 117 Å². The van der Waals surface area contributed by atoms with Crippen molar-refractivity contribution in [3.63, 3.8) is 0 Å². The third-order valence-corrected chi connectivity index (χ3v) is 2.93. The molecule has 0 fully saturated rings. The minimum Gasteiger partial charge on any atom is -0.496 e. The predicted molar refractivity (Wildman–Crippen MR) is 76.8 cm³/mol. The van der Waals surface area contributed by atoms with Crippen molar-refractivity contribution in [1.29, 1.82) is 0 Å². The Morgan fingerprint density at radius 2 is 1.84 bits per heavy atom. The molecule has 0 spiro atoms. The number of rotatable bonds is 5. The van der Waals surface area contributed by atoms with Crippen LogP contribution in [0.2, 0.25) is 5.02 Å². The minimum atomic E-state index is 0.352. The van der Waals surface area contributed by atoms with Crippen LogP contribution in [0.3, 0.4) is 0 Å². The molecule has 2 rings (SSSR count). The second-order valence-corrected chi connectivity index (χ2v) is 4.25. The van der Waals surface area contributed by atoms with Crippen LogP contribution in [-0.4, -0.2) is 13.3 Å². The van der Waals surface area contributed by atoms with Gasteiger partial charge < -0.3 is 9.57 Å². The normalized spacial score (nSPS) is 10.6. The summed E-state index contributed by atoms with van der Waals surface area (Å²) in [6.07, 6.45) is 1.59. The van der Waals surface area contributed by atoms with E-state index < -0.39 is 0 Å². The largest absolute Gasteiger partial charge is 0.496 e. The second kappa shape index (κ2) is 6.81. The van der Waals surface area contributed by atoms with E-state index in [0.717, 1.165) is 16.9 Å². The lowest BCUT2D eigenvalue weighted by Crippen LogP contribution is -1.93. The van der Waals surface area contributed by atoms with Crippen LogP contribution in [0.1, 0.15) is 11.1 Å². The monoisotopic (exact) mass is 275 g/mol. The molecule has 98 valence electrons. The number of hydrogen-bond acceptors (Lipinski definition) is 3. The molecule has 0 aromatic heterocycles. The molecular weight excluding hydrogens is 262 g/mol. The van der Waals surface area contributed by atoms with Crippen LogP contribution in [0.15, 0.2) is 53.7 Å². The van der Waals surface area contributed by atoms with Gasteiger partial charge in [-0.1, -0.05) is 53.2 Å². The van der Waals surface area contributed by atoms with Crippen molar-refractivity contribution in [2.75, 3.05) is 7.11 Å². The Morgan fingerprint density at radius 1 is 1.11 bits per heavy atom. The Morgan fingerprint density at radius 3 is 2.63 bits per heavy atom. The summed E-state index contributed by atoms with van der Waals surface area (Å²) in [4.78, 5) is 5.25. The van der Waals surface area contributed by atoms with Gasteiger partial charge in [0.2, 0.25) is 0 Å². The molecule has 0 radical (unpaired) electrons. The van der Waals surface area contributed by atoms with E-state index in [-0.39, 0.29) is 0 Å². The molecule has 0 aliphatic heterocycles. The zero-order chi connectivity index (χ0) is 13.5. The summed E-state index contributed by atoms with van der Waals surface area (Å²) < 4.78 is 5.23. The summed E-state index contributed by atoms with van der Waals surface area (Å²) in [7, 11) is 1.63. The molecule has 0 aliphatic carbocycles. The van der Waals surface area contributed by atoms with Crippen molar-refractivity contribution >= 4 is 17.8 Å². The molecule has 0 heterocycles. The van der Waals surface area contributed by atoms with Crippen molar-refractivity contribution in [3.8, 4) is 5.75 Å². The van der Waals surface area contributed by atoms with Crippen molar-refractivity contribution in [2.24, 2.45) is 5.16 Å². The van der Waals surface area contributed by atoms with Gasteiger partial charge in [0.05, 0.1) is 13.3 Å². The number of ether oxygens (including phenoxy) is 1. The smallest absolute Gasteiger partial charge is 0.145 e. The van der Waals surface area contributed by atoms with E-state index in [9.17, 15) is 0 Å². The fraction of sp³-hybridized carbons (Fsp3) is 0.133. The van der Waals surface area contributed by atoms with Gasteiger partial charge in [-0.15, -0.1) is 0 Å². The first-order chi connectivity index (χ1) is 9.31.